The molecule has 36 nitrogen and oxygen atoms in total. The average molecular weight is 1470 g/mol. The fourth-order valence-corrected chi connectivity index (χ4v) is 13.0. The van der Waals surface area contributed by atoms with Crippen molar-refractivity contribution in [3.63, 3.8) is 0 Å². The van der Waals surface area contributed by atoms with Gasteiger partial charge in [-0.2, -0.15) is 11.8 Å². The molecule has 1 aromatic carbocycles. The number of nitrogens with one attached hydrogen (secondary N) is 17. The molecule has 3 aromatic heterocycles. The number of nitrogens with two attached hydrogens (primary N) is 1. The number of piperidine rings is 1. The van der Waals surface area contributed by atoms with Crippen LogP contribution in [0.5, 0.6) is 0 Å². The molecule has 104 heavy (non-hydrogen) atoms. The van der Waals surface area contributed by atoms with Gasteiger partial charge < -0.3 is 105 Å². The Morgan fingerprint density at radius 2 is 1.17 bits per heavy atom. The van der Waals surface area contributed by atoms with Crippen molar-refractivity contribution in [3.05, 3.63) is 72.5 Å². The number of carboxylic acids is 1. The van der Waals surface area contributed by atoms with Gasteiger partial charge in [-0.15, -0.1) is 0 Å². The lowest BCUT2D eigenvalue weighted by atomic mass is 9.62. The second-order valence-corrected chi connectivity index (χ2v) is 27.2. The molecule has 0 unspecified atom stereocenters. The number of amides is 13. The number of unbranched alkanes of at least 4 members (excludes halogenated alkanes) is 1. The zero-order valence-corrected chi connectivity index (χ0v) is 60.1. The van der Waals surface area contributed by atoms with Crippen LogP contribution in [0.1, 0.15) is 110 Å². The Balaban J connectivity index is 1.26. The number of carbonyl (C=O) groups is 14. The molecule has 3 aliphatic heterocycles. The van der Waals surface area contributed by atoms with Crippen LogP contribution in [0, 0.1) is 17.3 Å². The summed E-state index contributed by atoms with van der Waals surface area (Å²) in [4.78, 5) is 210. The Morgan fingerprint density at radius 1 is 0.606 bits per heavy atom. The highest BCUT2D eigenvalue weighted by atomic mass is 32.2. The number of carbonyl (C=O) groups excluding carboxylic acids is 13. The summed E-state index contributed by atoms with van der Waals surface area (Å²) in [7, 11) is 0. The Kier molecular flexibility index (Phi) is 33.0. The van der Waals surface area contributed by atoms with E-state index in [1.54, 1.807) is 59.0 Å². The summed E-state index contributed by atoms with van der Waals surface area (Å²) in [5, 5.41) is 58.4. The largest absolute Gasteiger partial charge is 0.481 e. The van der Waals surface area contributed by atoms with Crippen molar-refractivity contribution in [2.24, 2.45) is 23.0 Å². The number of aromatic nitrogens is 5. The molecule has 13 atom stereocenters. The van der Waals surface area contributed by atoms with Crippen molar-refractivity contribution in [3.8, 4) is 0 Å². The van der Waals surface area contributed by atoms with Crippen molar-refractivity contribution >= 4 is 105 Å². The van der Waals surface area contributed by atoms with E-state index < -0.39 is 193 Å². The summed E-state index contributed by atoms with van der Waals surface area (Å²) in [6.45, 7) is 7.30. The van der Waals surface area contributed by atoms with Gasteiger partial charge >= 0.3 is 5.97 Å². The molecule has 21 N–H and O–H groups in total. The van der Waals surface area contributed by atoms with E-state index in [-0.39, 0.29) is 63.2 Å². The Morgan fingerprint density at radius 3 is 1.78 bits per heavy atom. The van der Waals surface area contributed by atoms with E-state index in [4.69, 9.17) is 5.73 Å². The van der Waals surface area contributed by atoms with Crippen LogP contribution in [0.15, 0.2) is 55.5 Å². The van der Waals surface area contributed by atoms with Crippen LogP contribution in [0.3, 0.4) is 0 Å². The summed E-state index contributed by atoms with van der Waals surface area (Å²) in [6, 6.07) is -4.33. The fourth-order valence-electron chi connectivity index (χ4n) is 12.3. The number of fused-ring (bicyclic) bond motifs is 43. The standard InChI is InChI=1S/C67H100N20O16S/c1-7-36(4)55-63(100)83-46(22-38-25-72-44-15-11-10-14-42(38)44)61(98)76-30-49(89)81-48(24-41-27-70-35-79-41)62(99)82-47(23-40-26-69-34-78-40)60(97)71-20-21-104-33-53(93)74-29-50(90)86-57-43(8-2)67(6,9-3)58(87-65(57)102)66(103)77-32-52(92)85-56(37(5)88)64(101)80-39(17-18-54(94)95)28-73-45(16-12-13-19-68)59(96)75-31-51(91)84-55/h10-11,14-15,25-27,34-37,39,43,45-48,55-58,72-73,88H,7-9,12-13,16-24,28-33,68H2,1-6H3,(H,69,78)(H,70,79)(H,71,97)(H,74,93)(H,75,96)(H,76,98)(H,77,103)(H,80,101)(H,81,89)(H,82,99)(H,83,100)(H,84,91)(H,85,92)(H,86,90)(H,87,102)(H,94,95)/t36-,37+,39-,43-,45-,46-,47-,48-,55-,56-,57-,58+,67-/m0/s1. The third kappa shape index (κ3) is 25.2. The number of aliphatic hydroxyl groups excluding tert-OH is 1. The zero-order chi connectivity index (χ0) is 76.0. The molecule has 2 bridgehead atoms. The van der Waals surface area contributed by atoms with Gasteiger partial charge in [-0.1, -0.05) is 72.1 Å². The normalized spacial score (nSPS) is 26.1. The van der Waals surface area contributed by atoms with Gasteiger partial charge in [0.25, 0.3) is 0 Å². The van der Waals surface area contributed by atoms with E-state index >= 15 is 0 Å². The van der Waals surface area contributed by atoms with E-state index in [2.05, 4.69) is 99.4 Å². The molecular formula is C67H100N20O16S. The Bertz CT molecular complexity index is 3590. The van der Waals surface area contributed by atoms with Crippen LogP contribution in [0.4, 0.5) is 0 Å². The van der Waals surface area contributed by atoms with Crippen molar-refractivity contribution in [2.45, 2.75) is 173 Å². The number of carboxylic acid groups (broad SMARTS) is 1. The highest BCUT2D eigenvalue weighted by Gasteiger charge is 2.53. The monoisotopic (exact) mass is 1470 g/mol. The second-order valence-electron chi connectivity index (χ2n) is 26.1. The van der Waals surface area contributed by atoms with Crippen molar-refractivity contribution in [1.82, 2.24) is 99.4 Å². The van der Waals surface area contributed by atoms with Crippen molar-refractivity contribution in [1.29, 1.82) is 0 Å². The van der Waals surface area contributed by atoms with Crippen LogP contribution < -0.4 is 80.2 Å². The maximum absolute atomic E-state index is 14.6. The molecular weight excluding hydrogens is 1370 g/mol. The number of thioether (sulfide) groups is 1. The summed E-state index contributed by atoms with van der Waals surface area (Å²) < 4.78 is 0. The van der Waals surface area contributed by atoms with E-state index in [9.17, 15) is 77.3 Å². The lowest BCUT2D eigenvalue weighted by Gasteiger charge is -2.49. The smallest absolute Gasteiger partial charge is 0.303 e. The number of para-hydroxylation sites is 1. The van der Waals surface area contributed by atoms with E-state index in [1.165, 1.54) is 32.0 Å². The van der Waals surface area contributed by atoms with Crippen LogP contribution >= 0.6 is 11.8 Å². The minimum absolute atomic E-state index is 0.00286. The second kappa shape index (κ2) is 41.3. The number of aromatic amines is 3. The van der Waals surface area contributed by atoms with Crippen molar-refractivity contribution in [2.75, 3.05) is 57.3 Å². The predicted molar refractivity (Wildman–Crippen MR) is 379 cm³/mol. The van der Waals surface area contributed by atoms with Gasteiger partial charge in [0.15, 0.2) is 0 Å². The number of H-pyrrole nitrogens is 3. The number of aliphatic hydroxyl groups is 1. The van der Waals surface area contributed by atoms with Gasteiger partial charge in [-0.3, -0.25) is 67.1 Å². The molecule has 7 rings (SSSR count). The van der Waals surface area contributed by atoms with E-state index in [0.717, 1.165) is 22.7 Å². The highest BCUT2D eigenvalue weighted by molar-refractivity contribution is 7.99. The quantitative estimate of drug-likeness (QED) is 0.0331. The first-order valence-corrected chi connectivity index (χ1v) is 36.0. The topological polar surface area (TPSA) is 547 Å². The van der Waals surface area contributed by atoms with Crippen molar-refractivity contribution < 1.29 is 77.3 Å². The Hall–Kier alpha value is -10.0. The van der Waals surface area contributed by atoms with E-state index in [1.807, 2.05) is 6.07 Å². The minimum atomic E-state index is -1.67. The third-order valence-electron chi connectivity index (χ3n) is 18.5. The molecule has 0 saturated carbocycles. The predicted octanol–water partition coefficient (Wildman–Crippen LogP) is -4.32. The highest BCUT2D eigenvalue weighted by Crippen LogP contribution is 2.42. The van der Waals surface area contributed by atoms with Crippen LogP contribution in [0.2, 0.25) is 0 Å². The number of benzene rings is 1. The number of aliphatic carboxylic acids is 1. The first kappa shape index (κ1) is 82.9. The molecule has 3 aliphatic rings. The molecule has 4 aromatic rings. The first-order chi connectivity index (χ1) is 49.7. The first-order valence-electron chi connectivity index (χ1n) is 34.9. The van der Waals surface area contributed by atoms with Gasteiger partial charge in [-0.25, -0.2) is 9.97 Å². The fraction of sp³-hybridized carbons (Fsp3) is 0.582. The summed E-state index contributed by atoms with van der Waals surface area (Å²) >= 11 is 1.11. The van der Waals surface area contributed by atoms with Gasteiger partial charge in [0.05, 0.1) is 56.7 Å². The molecule has 6 heterocycles. The van der Waals surface area contributed by atoms with Gasteiger partial charge in [0, 0.05) is 96.9 Å². The molecule has 3 saturated heterocycles. The van der Waals surface area contributed by atoms with Gasteiger partial charge in [-0.05, 0) is 62.6 Å². The molecule has 0 aliphatic carbocycles. The maximum Gasteiger partial charge on any atom is 0.303 e. The molecule has 3 fully saturated rings. The zero-order valence-electron chi connectivity index (χ0n) is 59.3. The summed E-state index contributed by atoms with van der Waals surface area (Å²) in [5.41, 5.74) is 6.96. The van der Waals surface area contributed by atoms with E-state index in [0.29, 0.717) is 49.1 Å². The average Bonchev–Trinajstić information content (AvgIpc) is 0.832. The van der Waals surface area contributed by atoms with Gasteiger partial charge in [0.1, 0.15) is 42.3 Å². The SMILES string of the molecule is CC[C@H](C)[C@@H]1NC(=O)CNC(=O)[C@H](CCCCN)NC[C@H](CCC(=O)O)NC(=O)[C@H]([C@@H](C)O)NC(=O)CNC(=O)[C@H]2NC(=O)[C@@H](NC(=O)CNC(=O)CSCCNC(=O)[C@H](Cc3cnc[nH]3)NC(=O)[C@H](Cc3cnc[nH]3)NC(=O)CNC(=O)[C@H](Cc3c[nH]c4ccccc34)NC1=O)[C@H](CC)[C@]2(C)CC. The molecule has 13 amide bonds. The molecule has 0 radical (unpaired) electrons. The number of nitrogens with zero attached hydrogens (tertiary/aromatic N) is 2. The lowest BCUT2D eigenvalue weighted by molar-refractivity contribution is -0.145. The number of rotatable bonds is 18. The molecule has 37 heteroatoms. The van der Waals surface area contributed by atoms with Crippen LogP contribution in [-0.4, -0.2) is 236 Å². The maximum atomic E-state index is 14.6. The lowest BCUT2D eigenvalue weighted by Crippen LogP contribution is -2.70. The number of hydrogen-bond donors (Lipinski definition) is 20. The number of hydrogen-bond acceptors (Lipinski definition) is 20. The number of imidazole rings is 2. The molecule has 570 valence electrons. The van der Waals surface area contributed by atoms with Crippen LogP contribution in [-0.2, 0) is 86.4 Å². The Labute approximate surface area is 605 Å². The summed E-state index contributed by atoms with van der Waals surface area (Å²) in [5.74, 6) is -12.5. The third-order valence-corrected chi connectivity index (χ3v) is 19.5. The minimum Gasteiger partial charge on any atom is -0.481 e. The summed E-state index contributed by atoms with van der Waals surface area (Å²) in [6.07, 6.45) is 6.59. The van der Waals surface area contributed by atoms with Gasteiger partial charge in [0.2, 0.25) is 76.8 Å². The molecule has 0 spiro atoms. The van der Waals surface area contributed by atoms with Crippen LogP contribution in [0.25, 0.3) is 10.9 Å².